The second-order valence-electron chi connectivity index (χ2n) is 3.88. The molecule has 0 aliphatic rings. The van der Waals surface area contributed by atoms with Crippen LogP contribution in [0.2, 0.25) is 5.02 Å². The molecule has 2 aromatic rings. The molecule has 1 amide bonds. The summed E-state index contributed by atoms with van der Waals surface area (Å²) in [4.78, 5) is 15.7. The van der Waals surface area contributed by atoms with Gasteiger partial charge < -0.3 is 0 Å². The number of nitrogens with zero attached hydrogens (tertiary/aromatic N) is 2. The molecule has 1 aromatic heterocycles. The fraction of sp³-hybridized carbons (Fsp3) is 0.0714. The molecular formula is C14H12ClN3O. The molecule has 4 nitrogen and oxygen atoms in total. The van der Waals surface area contributed by atoms with Gasteiger partial charge in [0.25, 0.3) is 5.91 Å². The van der Waals surface area contributed by atoms with Crippen LogP contribution in [0.5, 0.6) is 0 Å². The molecule has 1 N–H and O–H groups in total. The van der Waals surface area contributed by atoms with Crippen molar-refractivity contribution >= 4 is 23.2 Å². The summed E-state index contributed by atoms with van der Waals surface area (Å²) in [6.07, 6.45) is 3.35. The third-order valence-electron chi connectivity index (χ3n) is 2.53. The summed E-state index contributed by atoms with van der Waals surface area (Å²) >= 11 is 5.76. The average molecular weight is 274 g/mol. The largest absolute Gasteiger partial charge is 0.271 e. The molecule has 0 saturated carbocycles. The summed E-state index contributed by atoms with van der Waals surface area (Å²) in [5.74, 6) is -0.273. The summed E-state index contributed by atoms with van der Waals surface area (Å²) < 4.78 is 0. The number of amides is 1. The Kier molecular flexibility index (Phi) is 4.26. The van der Waals surface area contributed by atoms with E-state index >= 15 is 0 Å². The minimum absolute atomic E-state index is 0.273. The summed E-state index contributed by atoms with van der Waals surface area (Å²) in [7, 11) is 0. The number of benzene rings is 1. The van der Waals surface area contributed by atoms with Gasteiger partial charge in [0.1, 0.15) is 0 Å². The van der Waals surface area contributed by atoms with Gasteiger partial charge in [0, 0.05) is 28.5 Å². The first-order valence-corrected chi connectivity index (χ1v) is 6.05. The Morgan fingerprint density at radius 2 is 1.74 bits per heavy atom. The molecule has 0 fully saturated rings. The highest BCUT2D eigenvalue weighted by molar-refractivity contribution is 6.30. The number of hydrazone groups is 1. The van der Waals surface area contributed by atoms with Gasteiger partial charge in [0.15, 0.2) is 0 Å². The van der Waals surface area contributed by atoms with E-state index in [9.17, 15) is 4.79 Å². The summed E-state index contributed by atoms with van der Waals surface area (Å²) in [5, 5.41) is 4.64. The van der Waals surface area contributed by atoms with E-state index < -0.39 is 0 Å². The van der Waals surface area contributed by atoms with Gasteiger partial charge in [-0.1, -0.05) is 11.6 Å². The SMILES string of the molecule is C/C(=N\NC(=O)c1ccc(Cl)cc1)c1ccncc1. The first-order valence-electron chi connectivity index (χ1n) is 5.67. The number of carbonyl (C=O) groups is 1. The zero-order chi connectivity index (χ0) is 13.7. The fourth-order valence-electron chi connectivity index (χ4n) is 1.46. The van der Waals surface area contributed by atoms with Gasteiger partial charge in [0.2, 0.25) is 0 Å². The first kappa shape index (κ1) is 13.2. The quantitative estimate of drug-likeness (QED) is 0.690. The second kappa shape index (κ2) is 6.11. The number of nitrogens with one attached hydrogen (secondary N) is 1. The Bertz CT molecular complexity index is 594. The van der Waals surface area contributed by atoms with Gasteiger partial charge >= 0.3 is 0 Å². The molecule has 5 heteroatoms. The molecule has 0 spiro atoms. The summed E-state index contributed by atoms with van der Waals surface area (Å²) in [5.41, 5.74) is 4.63. The van der Waals surface area contributed by atoms with Gasteiger partial charge in [-0.15, -0.1) is 0 Å². The molecule has 1 heterocycles. The maximum Gasteiger partial charge on any atom is 0.271 e. The third-order valence-corrected chi connectivity index (χ3v) is 2.78. The lowest BCUT2D eigenvalue weighted by Gasteiger charge is -2.02. The molecule has 96 valence electrons. The van der Waals surface area contributed by atoms with Crippen LogP contribution in [0.3, 0.4) is 0 Å². The predicted molar refractivity (Wildman–Crippen MR) is 75.4 cm³/mol. The van der Waals surface area contributed by atoms with Crippen molar-refractivity contribution < 1.29 is 4.79 Å². The van der Waals surface area contributed by atoms with E-state index in [1.165, 1.54) is 0 Å². The number of carbonyl (C=O) groups excluding carboxylic acids is 1. The van der Waals surface area contributed by atoms with Crippen molar-refractivity contribution in [3.05, 3.63) is 64.9 Å². The van der Waals surface area contributed by atoms with Crippen molar-refractivity contribution in [2.24, 2.45) is 5.10 Å². The van der Waals surface area contributed by atoms with E-state index in [1.807, 2.05) is 19.1 Å². The normalized spacial score (nSPS) is 11.2. The van der Waals surface area contributed by atoms with E-state index in [-0.39, 0.29) is 5.91 Å². The number of hydrogen-bond donors (Lipinski definition) is 1. The molecule has 2 rings (SSSR count). The zero-order valence-electron chi connectivity index (χ0n) is 10.3. The van der Waals surface area contributed by atoms with Crippen LogP contribution in [0.15, 0.2) is 53.9 Å². The minimum Gasteiger partial charge on any atom is -0.267 e. The molecule has 0 saturated heterocycles. The Balaban J connectivity index is 2.06. The van der Waals surface area contributed by atoms with Crippen LogP contribution < -0.4 is 5.43 Å². The summed E-state index contributed by atoms with van der Waals surface area (Å²) in [6, 6.07) is 10.3. The van der Waals surface area contributed by atoms with Crippen LogP contribution in [-0.2, 0) is 0 Å². The molecule has 1 aromatic carbocycles. The van der Waals surface area contributed by atoms with Gasteiger partial charge in [-0.2, -0.15) is 5.10 Å². The number of pyridine rings is 1. The average Bonchev–Trinajstić information content (AvgIpc) is 2.46. The molecule has 0 unspecified atom stereocenters. The van der Waals surface area contributed by atoms with E-state index in [2.05, 4.69) is 15.5 Å². The lowest BCUT2D eigenvalue weighted by atomic mass is 10.2. The van der Waals surface area contributed by atoms with E-state index in [4.69, 9.17) is 11.6 Å². The molecular weight excluding hydrogens is 262 g/mol. The highest BCUT2D eigenvalue weighted by atomic mass is 35.5. The second-order valence-corrected chi connectivity index (χ2v) is 4.32. The molecule has 0 radical (unpaired) electrons. The molecule has 0 aliphatic carbocycles. The van der Waals surface area contributed by atoms with Crippen LogP contribution in [0.4, 0.5) is 0 Å². The maximum absolute atomic E-state index is 11.8. The lowest BCUT2D eigenvalue weighted by molar-refractivity contribution is 0.0955. The van der Waals surface area contributed by atoms with Crippen molar-refractivity contribution in [2.75, 3.05) is 0 Å². The van der Waals surface area contributed by atoms with Crippen LogP contribution in [0.25, 0.3) is 0 Å². The number of rotatable bonds is 3. The van der Waals surface area contributed by atoms with Gasteiger partial charge in [-0.25, -0.2) is 5.43 Å². The zero-order valence-corrected chi connectivity index (χ0v) is 11.1. The Labute approximate surface area is 116 Å². The van der Waals surface area contributed by atoms with E-state index in [1.54, 1.807) is 36.7 Å². The predicted octanol–water partition coefficient (Wildman–Crippen LogP) is 2.89. The van der Waals surface area contributed by atoms with Crippen molar-refractivity contribution in [3.8, 4) is 0 Å². The Morgan fingerprint density at radius 3 is 2.37 bits per heavy atom. The van der Waals surface area contributed by atoms with Crippen molar-refractivity contribution in [2.45, 2.75) is 6.92 Å². The van der Waals surface area contributed by atoms with Gasteiger partial charge in [-0.05, 0) is 43.3 Å². The monoisotopic (exact) mass is 273 g/mol. The Morgan fingerprint density at radius 1 is 1.11 bits per heavy atom. The van der Waals surface area contributed by atoms with Gasteiger partial charge in [-0.3, -0.25) is 9.78 Å². The third kappa shape index (κ3) is 3.63. The standard InChI is InChI=1S/C14H12ClN3O/c1-10(11-6-8-16-9-7-11)17-18-14(19)12-2-4-13(15)5-3-12/h2-9H,1H3,(H,18,19)/b17-10+. The van der Waals surface area contributed by atoms with Crippen molar-refractivity contribution in [1.82, 2.24) is 10.4 Å². The molecule has 19 heavy (non-hydrogen) atoms. The van der Waals surface area contributed by atoms with Gasteiger partial charge in [0.05, 0.1) is 5.71 Å². The van der Waals surface area contributed by atoms with E-state index in [0.717, 1.165) is 5.56 Å². The fourth-order valence-corrected chi connectivity index (χ4v) is 1.58. The van der Waals surface area contributed by atoms with Crippen molar-refractivity contribution in [3.63, 3.8) is 0 Å². The minimum atomic E-state index is -0.273. The highest BCUT2D eigenvalue weighted by Crippen LogP contribution is 2.09. The topological polar surface area (TPSA) is 54.4 Å². The smallest absolute Gasteiger partial charge is 0.267 e. The number of hydrogen-bond acceptors (Lipinski definition) is 3. The number of halogens is 1. The lowest BCUT2D eigenvalue weighted by Crippen LogP contribution is -2.19. The Hall–Kier alpha value is -2.20. The molecule has 0 atom stereocenters. The summed E-state index contributed by atoms with van der Waals surface area (Å²) in [6.45, 7) is 1.82. The van der Waals surface area contributed by atoms with Crippen LogP contribution in [0.1, 0.15) is 22.8 Å². The van der Waals surface area contributed by atoms with Crippen LogP contribution in [-0.4, -0.2) is 16.6 Å². The van der Waals surface area contributed by atoms with Crippen LogP contribution >= 0.6 is 11.6 Å². The first-order chi connectivity index (χ1) is 9.16. The van der Waals surface area contributed by atoms with Crippen molar-refractivity contribution in [1.29, 1.82) is 0 Å². The van der Waals surface area contributed by atoms with E-state index in [0.29, 0.717) is 16.3 Å². The number of aromatic nitrogens is 1. The maximum atomic E-state index is 11.8. The molecule has 0 aliphatic heterocycles. The highest BCUT2D eigenvalue weighted by Gasteiger charge is 2.04. The van der Waals surface area contributed by atoms with Crippen LogP contribution in [0, 0.1) is 0 Å². The molecule has 0 bridgehead atoms.